The predicted molar refractivity (Wildman–Crippen MR) is 96.8 cm³/mol. The van der Waals surface area contributed by atoms with Crippen molar-refractivity contribution >= 4 is 10.0 Å². The molecule has 1 heterocycles. The summed E-state index contributed by atoms with van der Waals surface area (Å²) in [6, 6.07) is 13.2. The van der Waals surface area contributed by atoms with Crippen molar-refractivity contribution in [1.29, 1.82) is 0 Å². The molecule has 2 aromatic carbocycles. The Bertz CT molecular complexity index is 1110. The smallest absolute Gasteiger partial charge is 0.238 e. The summed E-state index contributed by atoms with van der Waals surface area (Å²) in [6.45, 7) is 3.82. The first-order valence-electron chi connectivity index (χ1n) is 8.41. The third-order valence-electron chi connectivity index (χ3n) is 5.20. The number of rotatable bonds is 4. The molecule has 1 aliphatic rings. The Balaban J connectivity index is 1.76. The maximum Gasteiger partial charge on any atom is 0.238 e. The van der Waals surface area contributed by atoms with Gasteiger partial charge in [-0.05, 0) is 17.5 Å². The van der Waals surface area contributed by atoms with E-state index in [0.29, 0.717) is 11.7 Å². The lowest BCUT2D eigenvalue weighted by molar-refractivity contribution is 0.368. The normalized spacial score (nSPS) is 21.2. The Labute approximate surface area is 156 Å². The Hall–Kier alpha value is -2.58. The minimum atomic E-state index is -4.06. The maximum atomic E-state index is 14.6. The highest BCUT2D eigenvalue weighted by Gasteiger charge is 2.63. The molecule has 0 bridgehead atoms. The number of nitrogens with zero attached hydrogens (tertiary/aromatic N) is 2. The van der Waals surface area contributed by atoms with Gasteiger partial charge >= 0.3 is 0 Å². The fraction of sp³-hybridized carbons (Fsp3) is 0.263. The average molecular weight is 387 g/mol. The molecule has 0 saturated heterocycles. The van der Waals surface area contributed by atoms with Crippen molar-refractivity contribution in [3.8, 4) is 11.4 Å². The molecular weight excluding hydrogens is 369 g/mol. The Morgan fingerprint density at radius 3 is 2.44 bits per heavy atom. The molecule has 140 valence electrons. The highest BCUT2D eigenvalue weighted by molar-refractivity contribution is 7.89. The van der Waals surface area contributed by atoms with Gasteiger partial charge in [0, 0.05) is 17.0 Å². The van der Waals surface area contributed by atoms with Gasteiger partial charge in [0.1, 0.15) is 5.82 Å². The van der Waals surface area contributed by atoms with Gasteiger partial charge in [-0.25, -0.2) is 17.9 Å². The van der Waals surface area contributed by atoms with Crippen molar-refractivity contribution < 1.29 is 17.3 Å². The van der Waals surface area contributed by atoms with Gasteiger partial charge in [0.25, 0.3) is 0 Å². The van der Waals surface area contributed by atoms with Crippen molar-refractivity contribution in [3.63, 3.8) is 0 Å². The first kappa shape index (κ1) is 17.8. The zero-order chi connectivity index (χ0) is 19.4. The summed E-state index contributed by atoms with van der Waals surface area (Å²) in [7, 11) is -4.06. The molecule has 4 rings (SSSR count). The van der Waals surface area contributed by atoms with Gasteiger partial charge in [-0.15, -0.1) is 0 Å². The largest absolute Gasteiger partial charge is 0.339 e. The fourth-order valence-corrected chi connectivity index (χ4v) is 4.57. The van der Waals surface area contributed by atoms with Gasteiger partial charge in [0.05, 0.1) is 10.8 Å². The van der Waals surface area contributed by atoms with Crippen LogP contribution in [0.15, 0.2) is 57.9 Å². The summed E-state index contributed by atoms with van der Waals surface area (Å²) in [6.07, 6.45) is 0. The molecule has 2 atom stereocenters. The minimum Gasteiger partial charge on any atom is -0.339 e. The summed E-state index contributed by atoms with van der Waals surface area (Å²) in [5.41, 5.74) is 0.426. The summed E-state index contributed by atoms with van der Waals surface area (Å²) in [4.78, 5) is 4.25. The standard InChI is InChI=1S/C19H18FN3O3S/c1-19(2)15(14-12(20)9-6-10-13(14)27(21,24)25)16(19)18-22-17(23-26-18)11-7-4-3-5-8-11/h3-10,15-16H,1-2H3,(H2,21,24,25). The molecule has 0 spiro atoms. The van der Waals surface area contributed by atoms with Gasteiger partial charge in [-0.2, -0.15) is 4.98 Å². The van der Waals surface area contributed by atoms with Crippen LogP contribution in [0.5, 0.6) is 0 Å². The molecule has 27 heavy (non-hydrogen) atoms. The van der Waals surface area contributed by atoms with Gasteiger partial charge < -0.3 is 4.52 Å². The number of nitrogens with two attached hydrogens (primary N) is 1. The lowest BCUT2D eigenvalue weighted by atomic mass is 10.0. The molecule has 0 radical (unpaired) electrons. The van der Waals surface area contributed by atoms with Crippen LogP contribution in [0.1, 0.15) is 37.1 Å². The molecule has 1 aromatic heterocycles. The van der Waals surface area contributed by atoms with E-state index in [2.05, 4.69) is 10.1 Å². The third-order valence-corrected chi connectivity index (χ3v) is 6.17. The zero-order valence-electron chi connectivity index (χ0n) is 14.8. The van der Waals surface area contributed by atoms with Crippen LogP contribution in [0.3, 0.4) is 0 Å². The topological polar surface area (TPSA) is 99.1 Å². The van der Waals surface area contributed by atoms with Crippen LogP contribution >= 0.6 is 0 Å². The quantitative estimate of drug-likeness (QED) is 0.739. The van der Waals surface area contributed by atoms with Crippen LogP contribution in [-0.2, 0) is 10.0 Å². The van der Waals surface area contributed by atoms with E-state index >= 15 is 0 Å². The Kier molecular flexibility index (Phi) is 3.94. The summed E-state index contributed by atoms with van der Waals surface area (Å²) in [5, 5.41) is 9.31. The van der Waals surface area contributed by atoms with Gasteiger partial charge in [-0.1, -0.05) is 55.4 Å². The fourth-order valence-electron chi connectivity index (χ4n) is 3.77. The maximum absolute atomic E-state index is 14.6. The van der Waals surface area contributed by atoms with Gasteiger partial charge in [-0.3, -0.25) is 0 Å². The van der Waals surface area contributed by atoms with Gasteiger partial charge in [0.2, 0.25) is 21.7 Å². The number of sulfonamides is 1. The summed E-state index contributed by atoms with van der Waals surface area (Å²) >= 11 is 0. The average Bonchev–Trinajstić information content (AvgIpc) is 2.95. The van der Waals surface area contributed by atoms with Crippen LogP contribution in [0.2, 0.25) is 0 Å². The molecule has 6 nitrogen and oxygen atoms in total. The number of halogens is 1. The number of hydrogen-bond acceptors (Lipinski definition) is 5. The molecule has 2 unspecified atom stereocenters. The number of primary sulfonamides is 1. The third kappa shape index (κ3) is 2.94. The van der Waals surface area contributed by atoms with E-state index in [1.165, 1.54) is 18.2 Å². The predicted octanol–water partition coefficient (Wildman–Crippen LogP) is 3.43. The minimum absolute atomic E-state index is 0.0782. The second-order valence-electron chi connectivity index (χ2n) is 7.30. The van der Waals surface area contributed by atoms with Crippen LogP contribution in [0, 0.1) is 11.2 Å². The molecule has 1 saturated carbocycles. The Morgan fingerprint density at radius 1 is 1.07 bits per heavy atom. The second-order valence-corrected chi connectivity index (χ2v) is 8.83. The van der Waals surface area contributed by atoms with Crippen LogP contribution < -0.4 is 5.14 Å². The second kappa shape index (κ2) is 5.97. The highest BCUT2D eigenvalue weighted by atomic mass is 32.2. The lowest BCUT2D eigenvalue weighted by Crippen LogP contribution is -2.15. The number of hydrogen-bond donors (Lipinski definition) is 1. The van der Waals surface area contributed by atoms with E-state index in [0.717, 1.165) is 5.56 Å². The van der Waals surface area contributed by atoms with Crippen LogP contribution in [0.25, 0.3) is 11.4 Å². The summed E-state index contributed by atoms with van der Waals surface area (Å²) < 4.78 is 43.9. The molecule has 1 aliphatic carbocycles. The Morgan fingerprint density at radius 2 is 1.78 bits per heavy atom. The van der Waals surface area contributed by atoms with E-state index in [9.17, 15) is 12.8 Å². The van der Waals surface area contributed by atoms with E-state index in [-0.39, 0.29) is 16.4 Å². The van der Waals surface area contributed by atoms with Crippen molar-refractivity contribution in [2.75, 3.05) is 0 Å². The van der Waals surface area contributed by atoms with Gasteiger partial charge in [0.15, 0.2) is 0 Å². The van der Waals surface area contributed by atoms with E-state index in [4.69, 9.17) is 9.66 Å². The molecule has 2 N–H and O–H groups in total. The zero-order valence-corrected chi connectivity index (χ0v) is 15.6. The first-order valence-corrected chi connectivity index (χ1v) is 9.96. The molecule has 1 fully saturated rings. The van der Waals surface area contributed by atoms with Crippen molar-refractivity contribution in [3.05, 3.63) is 65.8 Å². The first-order chi connectivity index (χ1) is 12.7. The van der Waals surface area contributed by atoms with Crippen LogP contribution in [0.4, 0.5) is 4.39 Å². The van der Waals surface area contributed by atoms with Crippen molar-refractivity contribution in [1.82, 2.24) is 10.1 Å². The molecule has 3 aromatic rings. The molecular formula is C19H18FN3O3S. The van der Waals surface area contributed by atoms with Crippen LogP contribution in [-0.4, -0.2) is 18.6 Å². The lowest BCUT2D eigenvalue weighted by Gasteiger charge is -2.10. The van der Waals surface area contributed by atoms with E-state index < -0.39 is 27.2 Å². The van der Waals surface area contributed by atoms with Crippen molar-refractivity contribution in [2.24, 2.45) is 10.6 Å². The summed E-state index contributed by atoms with van der Waals surface area (Å²) in [5.74, 6) is -0.555. The molecule has 8 heteroatoms. The number of aromatic nitrogens is 2. The molecule has 0 amide bonds. The SMILES string of the molecule is CC1(C)C(c2nc(-c3ccccc3)no2)C1c1c(F)cccc1S(N)(=O)=O. The van der Waals surface area contributed by atoms with E-state index in [1.807, 2.05) is 44.2 Å². The number of benzene rings is 2. The molecule has 0 aliphatic heterocycles. The monoisotopic (exact) mass is 387 g/mol. The van der Waals surface area contributed by atoms with Crippen molar-refractivity contribution in [2.45, 2.75) is 30.6 Å². The highest BCUT2D eigenvalue weighted by Crippen LogP contribution is 2.70. The van der Waals surface area contributed by atoms with E-state index in [1.54, 1.807) is 0 Å².